The number of hydrogen-bond acceptors (Lipinski definition) is 1. The summed E-state index contributed by atoms with van der Waals surface area (Å²) < 4.78 is 83.5. The van der Waals surface area contributed by atoms with Crippen LogP contribution in [0, 0.1) is 6.92 Å². The topological polar surface area (TPSA) is 9.23 Å². The van der Waals surface area contributed by atoms with Crippen LogP contribution in [0.4, 0.5) is 26.3 Å². The van der Waals surface area contributed by atoms with Crippen LogP contribution in [0.2, 0.25) is 0 Å². The van der Waals surface area contributed by atoms with Gasteiger partial charge in [-0.15, -0.1) is 0 Å². The van der Waals surface area contributed by atoms with E-state index in [9.17, 15) is 26.3 Å². The molecule has 2 rings (SSSR count). The van der Waals surface area contributed by atoms with Gasteiger partial charge in [0.15, 0.2) is 5.41 Å². The molecule has 0 saturated carbocycles. The van der Waals surface area contributed by atoms with Crippen molar-refractivity contribution in [1.82, 2.24) is 0 Å². The van der Waals surface area contributed by atoms with Crippen molar-refractivity contribution in [3.8, 4) is 11.5 Å². The largest absolute Gasteiger partial charge is 0.457 e. The molecule has 2 aromatic rings. The molecule has 0 heterocycles. The van der Waals surface area contributed by atoms with E-state index in [1.54, 1.807) is 24.3 Å². The number of benzene rings is 2. The van der Waals surface area contributed by atoms with Gasteiger partial charge in [-0.05, 0) is 43.7 Å². The second kappa shape index (κ2) is 6.03. The van der Waals surface area contributed by atoms with Crippen LogP contribution in [0.25, 0.3) is 0 Å². The number of rotatable bonds is 3. The number of alkyl halides is 6. The van der Waals surface area contributed by atoms with E-state index in [1.165, 1.54) is 0 Å². The minimum Gasteiger partial charge on any atom is -0.457 e. The highest BCUT2D eigenvalue weighted by Crippen LogP contribution is 2.51. The molecule has 0 N–H and O–H groups in total. The lowest BCUT2D eigenvalue weighted by atomic mass is 9.81. The molecule has 0 spiro atoms. The fourth-order valence-electron chi connectivity index (χ4n) is 2.09. The van der Waals surface area contributed by atoms with Gasteiger partial charge in [-0.3, -0.25) is 0 Å². The smallest absolute Gasteiger partial charge is 0.406 e. The molecule has 0 aliphatic carbocycles. The number of hydrogen-bond donors (Lipinski definition) is 0. The molecule has 2 aromatic carbocycles. The first kappa shape index (κ1) is 18.2. The summed E-state index contributed by atoms with van der Waals surface area (Å²) in [7, 11) is 0. The first-order valence-electron chi connectivity index (χ1n) is 6.93. The Bertz CT molecular complexity index is 669. The lowest BCUT2D eigenvalue weighted by molar-refractivity contribution is -0.297. The van der Waals surface area contributed by atoms with Crippen molar-refractivity contribution in [2.75, 3.05) is 0 Å². The van der Waals surface area contributed by atoms with Gasteiger partial charge in [-0.25, -0.2) is 0 Å². The van der Waals surface area contributed by atoms with Gasteiger partial charge >= 0.3 is 12.4 Å². The van der Waals surface area contributed by atoms with E-state index in [1.807, 2.05) is 6.92 Å². The van der Waals surface area contributed by atoms with Crippen LogP contribution in [0.5, 0.6) is 11.5 Å². The molecule has 0 bridgehead atoms. The zero-order valence-electron chi connectivity index (χ0n) is 12.8. The van der Waals surface area contributed by atoms with Crippen LogP contribution in [0.15, 0.2) is 48.5 Å². The van der Waals surface area contributed by atoms with Gasteiger partial charge in [0.25, 0.3) is 0 Å². The van der Waals surface area contributed by atoms with Gasteiger partial charge in [-0.2, -0.15) is 26.3 Å². The third-order valence-corrected chi connectivity index (χ3v) is 3.82. The van der Waals surface area contributed by atoms with Gasteiger partial charge < -0.3 is 4.74 Å². The average molecular weight is 348 g/mol. The molecular formula is C17H14F6O. The molecule has 0 amide bonds. The average Bonchev–Trinajstić information content (AvgIpc) is 2.47. The Morgan fingerprint density at radius 1 is 0.667 bits per heavy atom. The molecule has 0 aromatic heterocycles. The van der Waals surface area contributed by atoms with Crippen molar-refractivity contribution in [3.63, 3.8) is 0 Å². The molecule has 1 nitrogen and oxygen atoms in total. The summed E-state index contributed by atoms with van der Waals surface area (Å²) in [5, 5.41) is 0. The monoisotopic (exact) mass is 348 g/mol. The molecule has 0 aliphatic rings. The minimum atomic E-state index is -5.47. The second-order valence-corrected chi connectivity index (χ2v) is 5.56. The third kappa shape index (κ3) is 3.34. The lowest BCUT2D eigenvalue weighted by Gasteiger charge is -2.34. The predicted molar refractivity (Wildman–Crippen MR) is 77.2 cm³/mol. The van der Waals surface area contributed by atoms with E-state index in [4.69, 9.17) is 4.74 Å². The summed E-state index contributed by atoms with van der Waals surface area (Å²) in [6.07, 6.45) is -10.9. The van der Waals surface area contributed by atoms with Crippen molar-refractivity contribution in [1.29, 1.82) is 0 Å². The Morgan fingerprint density at radius 2 is 1.04 bits per heavy atom. The maximum Gasteiger partial charge on any atom is 0.406 e. The Labute approximate surface area is 134 Å². The first-order chi connectivity index (χ1) is 10.9. The summed E-state index contributed by atoms with van der Waals surface area (Å²) in [4.78, 5) is 0. The highest BCUT2D eigenvalue weighted by Gasteiger charge is 2.68. The maximum absolute atomic E-state index is 13.0. The van der Waals surface area contributed by atoms with Gasteiger partial charge in [0.1, 0.15) is 11.5 Å². The molecule has 0 aliphatic heterocycles. The van der Waals surface area contributed by atoms with Crippen LogP contribution in [0.3, 0.4) is 0 Å². The molecule has 0 radical (unpaired) electrons. The zero-order chi connectivity index (χ0) is 18.2. The molecule has 0 saturated heterocycles. The number of halogens is 6. The van der Waals surface area contributed by atoms with Crippen molar-refractivity contribution in [2.24, 2.45) is 0 Å². The van der Waals surface area contributed by atoms with Gasteiger partial charge in [0.2, 0.25) is 0 Å². The molecular weight excluding hydrogens is 334 g/mol. The van der Waals surface area contributed by atoms with Gasteiger partial charge in [0.05, 0.1) is 0 Å². The van der Waals surface area contributed by atoms with Crippen LogP contribution in [-0.2, 0) is 5.41 Å². The summed E-state index contributed by atoms with van der Waals surface area (Å²) in [5.74, 6) is 0.581. The Balaban J connectivity index is 2.32. The zero-order valence-corrected chi connectivity index (χ0v) is 12.8. The van der Waals surface area contributed by atoms with E-state index >= 15 is 0 Å². The fourth-order valence-corrected chi connectivity index (χ4v) is 2.09. The highest BCUT2D eigenvalue weighted by molar-refractivity contribution is 5.37. The molecule has 0 fully saturated rings. The Hall–Kier alpha value is -2.18. The van der Waals surface area contributed by atoms with E-state index in [2.05, 4.69) is 0 Å². The van der Waals surface area contributed by atoms with E-state index in [0.717, 1.165) is 29.8 Å². The Morgan fingerprint density at radius 3 is 1.42 bits per heavy atom. The van der Waals surface area contributed by atoms with Crippen molar-refractivity contribution < 1.29 is 31.1 Å². The van der Waals surface area contributed by atoms with E-state index in [-0.39, 0.29) is 12.7 Å². The van der Waals surface area contributed by atoms with Crippen LogP contribution >= 0.6 is 0 Å². The standard InChI is InChI=1S/C17H14F6O/c1-11-3-7-13(8-4-11)24-14-9-5-12(6-10-14)15(2,16(18,19)20)17(21,22)23/h3-10H,1-2H3. The molecule has 0 unspecified atom stereocenters. The first-order valence-corrected chi connectivity index (χ1v) is 6.93. The van der Waals surface area contributed by atoms with Crippen molar-refractivity contribution >= 4 is 0 Å². The summed E-state index contributed by atoms with van der Waals surface area (Å²) in [5.41, 5.74) is -3.84. The van der Waals surface area contributed by atoms with Crippen molar-refractivity contribution in [2.45, 2.75) is 31.6 Å². The van der Waals surface area contributed by atoms with Gasteiger partial charge in [0, 0.05) is 0 Å². The number of aryl methyl sites for hydroxylation is 1. The quantitative estimate of drug-likeness (QED) is 0.603. The lowest BCUT2D eigenvalue weighted by Crippen LogP contribution is -2.51. The SMILES string of the molecule is Cc1ccc(Oc2ccc(C(C)(C(F)(F)F)C(F)(F)F)cc2)cc1. The molecule has 130 valence electrons. The third-order valence-electron chi connectivity index (χ3n) is 3.82. The number of ether oxygens (including phenoxy) is 1. The van der Waals surface area contributed by atoms with Gasteiger partial charge in [-0.1, -0.05) is 29.8 Å². The normalized spacial score (nSPS) is 13.0. The highest BCUT2D eigenvalue weighted by atomic mass is 19.4. The maximum atomic E-state index is 13.0. The summed E-state index contributed by atoms with van der Waals surface area (Å²) in [6.45, 7) is 2.00. The molecule has 7 heteroatoms. The van der Waals surface area contributed by atoms with E-state index in [0.29, 0.717) is 5.75 Å². The minimum absolute atomic E-state index is 0.128. The van der Waals surface area contributed by atoms with Crippen molar-refractivity contribution in [3.05, 3.63) is 59.7 Å². The predicted octanol–water partition coefficient (Wildman–Crippen LogP) is 6.17. The molecule has 24 heavy (non-hydrogen) atoms. The Kier molecular flexibility index (Phi) is 4.57. The molecule has 0 atom stereocenters. The summed E-state index contributed by atoms with van der Waals surface area (Å²) >= 11 is 0. The fraction of sp³-hybridized carbons (Fsp3) is 0.294. The van der Waals surface area contributed by atoms with Crippen LogP contribution in [-0.4, -0.2) is 12.4 Å². The van der Waals surface area contributed by atoms with Crippen LogP contribution < -0.4 is 4.74 Å². The van der Waals surface area contributed by atoms with E-state index < -0.39 is 23.3 Å². The second-order valence-electron chi connectivity index (χ2n) is 5.56. The van der Waals surface area contributed by atoms with Crippen LogP contribution in [0.1, 0.15) is 18.1 Å². The summed E-state index contributed by atoms with van der Waals surface area (Å²) in [6, 6.07) is 10.6.